The fourth-order valence-electron chi connectivity index (χ4n) is 10.6. The van der Waals surface area contributed by atoms with Gasteiger partial charge in [0.2, 0.25) is 0 Å². The van der Waals surface area contributed by atoms with E-state index in [-0.39, 0.29) is 5.41 Å². The molecule has 13 rings (SSSR count). The summed E-state index contributed by atoms with van der Waals surface area (Å²) in [5.41, 5.74) is 17.7. The van der Waals surface area contributed by atoms with Crippen LogP contribution in [0.3, 0.4) is 0 Å². The largest absolute Gasteiger partial charge is 0.455 e. The summed E-state index contributed by atoms with van der Waals surface area (Å²) in [5.74, 6) is 0. The first-order valence-electron chi connectivity index (χ1n) is 22.1. The summed E-state index contributed by atoms with van der Waals surface area (Å²) in [6.45, 7) is 4.73. The summed E-state index contributed by atoms with van der Waals surface area (Å²) in [5, 5.41) is 7.23. The number of anilines is 3. The summed E-state index contributed by atoms with van der Waals surface area (Å²) < 4.78 is 9.21. The molecule has 0 saturated heterocycles. The molecule has 0 saturated carbocycles. The van der Waals surface area contributed by atoms with Crippen LogP contribution < -0.4 is 4.90 Å². The van der Waals surface area contributed by atoms with E-state index >= 15 is 0 Å². The number of thiophene rings is 1. The Balaban J connectivity index is 0.907. The lowest BCUT2D eigenvalue weighted by Crippen LogP contribution is -2.16. The van der Waals surface area contributed by atoms with Crippen molar-refractivity contribution >= 4 is 81.3 Å². The molecule has 10 aromatic carbocycles. The molecule has 0 bridgehead atoms. The van der Waals surface area contributed by atoms with Crippen LogP contribution in [-0.2, 0) is 5.41 Å². The van der Waals surface area contributed by atoms with Gasteiger partial charge in [0.15, 0.2) is 0 Å². The van der Waals surface area contributed by atoms with Crippen LogP contribution in [0.25, 0.3) is 97.4 Å². The normalized spacial score (nSPS) is 13.0. The standard InChI is InChI=1S/C61H41NOS/c1-61(2)54-18-7-5-13-49(54)51-17-9-16-47(59(51)61)41-25-33-45(34-26-41)62(43-29-21-38(22-30-43)42-28-36-57-53(37-42)50-14-6-8-20-56(50)64-57)44-31-23-40(24-32-44)46-15-10-19-55-58(46)52-35-27-39-11-3-4-12-48(39)60(52)63-55/h3-37H,1-2H3. The lowest BCUT2D eigenvalue weighted by molar-refractivity contribution is 0.662. The molecule has 0 spiro atoms. The van der Waals surface area contributed by atoms with Crippen LogP contribution in [0.4, 0.5) is 17.1 Å². The number of furan rings is 1. The van der Waals surface area contributed by atoms with Gasteiger partial charge in [-0.1, -0.05) is 159 Å². The number of benzene rings is 10. The average molecular weight is 836 g/mol. The highest BCUT2D eigenvalue weighted by molar-refractivity contribution is 7.25. The van der Waals surface area contributed by atoms with Gasteiger partial charge in [-0.3, -0.25) is 0 Å². The van der Waals surface area contributed by atoms with E-state index in [2.05, 4.69) is 231 Å². The molecule has 0 fully saturated rings. The maximum atomic E-state index is 6.57. The van der Waals surface area contributed by atoms with Crippen molar-refractivity contribution in [3.8, 4) is 44.5 Å². The average Bonchev–Trinajstić information content (AvgIpc) is 4.00. The van der Waals surface area contributed by atoms with Crippen molar-refractivity contribution in [2.75, 3.05) is 4.90 Å². The Bertz CT molecular complexity index is 3800. The van der Waals surface area contributed by atoms with Gasteiger partial charge in [-0.15, -0.1) is 11.3 Å². The van der Waals surface area contributed by atoms with Gasteiger partial charge >= 0.3 is 0 Å². The van der Waals surface area contributed by atoms with Crippen molar-refractivity contribution in [3.05, 3.63) is 223 Å². The molecule has 0 aliphatic heterocycles. The van der Waals surface area contributed by atoms with Gasteiger partial charge < -0.3 is 9.32 Å². The summed E-state index contributed by atoms with van der Waals surface area (Å²) in [4.78, 5) is 2.38. The van der Waals surface area contributed by atoms with E-state index in [0.29, 0.717) is 0 Å². The van der Waals surface area contributed by atoms with Crippen LogP contribution in [0, 0.1) is 0 Å². The third-order valence-electron chi connectivity index (χ3n) is 13.7. The Morgan fingerprint density at radius 2 is 0.984 bits per heavy atom. The molecular formula is C61H41NOS. The molecule has 0 atom stereocenters. The molecule has 2 nitrogen and oxygen atoms in total. The van der Waals surface area contributed by atoms with Gasteiger partial charge in [0.05, 0.1) is 0 Å². The number of fused-ring (bicyclic) bond motifs is 11. The smallest absolute Gasteiger partial charge is 0.143 e. The molecule has 0 unspecified atom stereocenters. The van der Waals surface area contributed by atoms with Crippen LogP contribution in [-0.4, -0.2) is 0 Å². The number of hydrogen-bond donors (Lipinski definition) is 0. The van der Waals surface area contributed by atoms with Crippen molar-refractivity contribution < 1.29 is 4.42 Å². The maximum absolute atomic E-state index is 6.57. The molecular weight excluding hydrogens is 795 g/mol. The van der Waals surface area contributed by atoms with Gasteiger partial charge in [-0.25, -0.2) is 0 Å². The topological polar surface area (TPSA) is 16.4 Å². The van der Waals surface area contributed by atoms with Crippen molar-refractivity contribution in [2.24, 2.45) is 0 Å². The number of nitrogens with zero attached hydrogens (tertiary/aromatic N) is 1. The quantitative estimate of drug-likeness (QED) is 0.166. The summed E-state index contributed by atoms with van der Waals surface area (Å²) in [6.07, 6.45) is 0. The van der Waals surface area contributed by atoms with E-state index in [9.17, 15) is 0 Å². The molecule has 302 valence electrons. The zero-order chi connectivity index (χ0) is 42.5. The molecule has 0 radical (unpaired) electrons. The molecule has 0 N–H and O–H groups in total. The highest BCUT2D eigenvalue weighted by Crippen LogP contribution is 2.52. The first-order chi connectivity index (χ1) is 31.5. The summed E-state index contributed by atoms with van der Waals surface area (Å²) >= 11 is 1.86. The Morgan fingerprint density at radius 1 is 0.406 bits per heavy atom. The molecule has 64 heavy (non-hydrogen) atoms. The van der Waals surface area contributed by atoms with Crippen LogP contribution in [0.1, 0.15) is 25.0 Å². The minimum absolute atomic E-state index is 0.0986. The van der Waals surface area contributed by atoms with Crippen LogP contribution >= 0.6 is 11.3 Å². The molecule has 3 heteroatoms. The highest BCUT2D eigenvalue weighted by Gasteiger charge is 2.37. The van der Waals surface area contributed by atoms with Crippen molar-refractivity contribution in [1.29, 1.82) is 0 Å². The Hall–Kier alpha value is -7.72. The Morgan fingerprint density at radius 3 is 1.77 bits per heavy atom. The fraction of sp³-hybridized carbons (Fsp3) is 0.0492. The van der Waals surface area contributed by atoms with Crippen molar-refractivity contribution in [2.45, 2.75) is 19.3 Å². The van der Waals surface area contributed by atoms with Crippen molar-refractivity contribution in [1.82, 2.24) is 0 Å². The summed E-state index contributed by atoms with van der Waals surface area (Å²) in [6, 6.07) is 77.8. The van der Waals surface area contributed by atoms with E-state index < -0.39 is 0 Å². The Kier molecular flexibility index (Phi) is 8.16. The second-order valence-electron chi connectivity index (χ2n) is 17.6. The second-order valence-corrected chi connectivity index (χ2v) is 18.7. The molecule has 2 heterocycles. The van der Waals surface area contributed by atoms with Gasteiger partial charge in [0.25, 0.3) is 0 Å². The predicted octanol–water partition coefficient (Wildman–Crippen LogP) is 17.9. The van der Waals surface area contributed by atoms with E-state index in [1.165, 1.54) is 70.1 Å². The van der Waals surface area contributed by atoms with Gasteiger partial charge in [0, 0.05) is 58.8 Å². The second kappa shape index (κ2) is 14.2. The van der Waals surface area contributed by atoms with Gasteiger partial charge in [-0.05, 0) is 128 Å². The van der Waals surface area contributed by atoms with Crippen LogP contribution in [0.2, 0.25) is 0 Å². The van der Waals surface area contributed by atoms with Crippen LogP contribution in [0.5, 0.6) is 0 Å². The van der Waals surface area contributed by atoms with E-state index in [1.54, 1.807) is 0 Å². The van der Waals surface area contributed by atoms with Gasteiger partial charge in [-0.2, -0.15) is 0 Å². The Labute approximate surface area is 375 Å². The lowest BCUT2D eigenvalue weighted by atomic mass is 9.79. The van der Waals surface area contributed by atoms with Gasteiger partial charge in [0.1, 0.15) is 11.2 Å². The number of hydrogen-bond acceptors (Lipinski definition) is 3. The predicted molar refractivity (Wildman–Crippen MR) is 273 cm³/mol. The van der Waals surface area contributed by atoms with E-state index in [0.717, 1.165) is 55.5 Å². The third-order valence-corrected chi connectivity index (χ3v) is 14.8. The maximum Gasteiger partial charge on any atom is 0.143 e. The van der Waals surface area contributed by atoms with E-state index in [4.69, 9.17) is 4.42 Å². The van der Waals surface area contributed by atoms with Crippen molar-refractivity contribution in [3.63, 3.8) is 0 Å². The SMILES string of the molecule is CC1(C)c2ccccc2-c2cccc(-c3ccc(N(c4ccc(-c5ccc6sc7ccccc7c6c5)cc4)c4ccc(-c5cccc6oc7c8ccccc8ccc7c56)cc4)cc3)c21. The third kappa shape index (κ3) is 5.64. The fourth-order valence-corrected chi connectivity index (χ4v) is 11.7. The first kappa shape index (κ1) is 36.9. The minimum atomic E-state index is -0.0986. The zero-order valence-corrected chi connectivity index (χ0v) is 36.3. The summed E-state index contributed by atoms with van der Waals surface area (Å²) in [7, 11) is 0. The molecule has 0 amide bonds. The first-order valence-corrected chi connectivity index (χ1v) is 22.9. The monoisotopic (exact) mass is 835 g/mol. The highest BCUT2D eigenvalue weighted by atomic mass is 32.1. The number of rotatable bonds is 6. The molecule has 1 aliphatic rings. The zero-order valence-electron chi connectivity index (χ0n) is 35.5. The molecule has 1 aliphatic carbocycles. The minimum Gasteiger partial charge on any atom is -0.455 e. The molecule has 12 aromatic rings. The van der Waals surface area contributed by atoms with Crippen LogP contribution in [0.15, 0.2) is 217 Å². The lowest BCUT2D eigenvalue weighted by Gasteiger charge is -2.27. The molecule has 2 aromatic heterocycles. The van der Waals surface area contributed by atoms with E-state index in [1.807, 2.05) is 11.3 Å².